The van der Waals surface area contributed by atoms with Crippen LogP contribution in [0.5, 0.6) is 0 Å². The fraction of sp³-hybridized carbons (Fsp3) is 0. The number of rotatable bonds is 2. The van der Waals surface area contributed by atoms with Crippen molar-refractivity contribution in [1.82, 2.24) is 11.1 Å². The normalized spacial score (nSPS) is 6.60. The first-order chi connectivity index (χ1) is 2.41. The number of hydrogen-bond acceptors (Lipinski definition) is 4. The van der Waals surface area contributed by atoms with E-state index < -0.39 is 0 Å². The molecule has 0 saturated carbocycles. The third-order valence-electron chi connectivity index (χ3n) is 0.144. The summed E-state index contributed by atoms with van der Waals surface area (Å²) in [6.07, 6.45) is 0. The van der Waals surface area contributed by atoms with Gasteiger partial charge in [-0.3, -0.25) is 5.84 Å². The van der Waals surface area contributed by atoms with E-state index in [9.17, 15) is 0 Å². The van der Waals surface area contributed by atoms with Gasteiger partial charge in [-0.1, -0.05) is 0 Å². The van der Waals surface area contributed by atoms with Crippen molar-refractivity contribution in [2.45, 2.75) is 0 Å². The van der Waals surface area contributed by atoms with Crippen LogP contribution >= 0.6 is 0 Å². The Balaban J connectivity index is 2.40. The fourth-order valence-corrected chi connectivity index (χ4v) is 0.0456. The van der Waals surface area contributed by atoms with Crippen molar-refractivity contribution in [1.29, 1.82) is 0 Å². The number of hydrazone groups is 1. The van der Waals surface area contributed by atoms with Crippen LogP contribution in [0, 0.1) is 0 Å². The summed E-state index contributed by atoms with van der Waals surface area (Å²) in [7, 11) is 0. The van der Waals surface area contributed by atoms with Gasteiger partial charge in [0, 0.05) is 6.72 Å². The average molecular weight is 74.1 g/mol. The Labute approximate surface area is 30.0 Å². The van der Waals surface area contributed by atoms with Crippen LogP contribution in [0.25, 0.3) is 0 Å². The zero-order valence-electron chi connectivity index (χ0n) is 2.73. The minimum absolute atomic E-state index is 2.04. The maximum absolute atomic E-state index is 4.64. The first-order valence-electron chi connectivity index (χ1n) is 1.08. The summed E-state index contributed by atoms with van der Waals surface area (Å²) in [4.78, 5) is 0. The Kier molecular flexibility index (Phi) is 2.98. The molecule has 0 heterocycles. The van der Waals surface area contributed by atoms with Crippen molar-refractivity contribution in [3.05, 3.63) is 0 Å². The predicted molar refractivity (Wildman–Crippen MR) is 20.0 cm³/mol. The van der Waals surface area contributed by atoms with Crippen LogP contribution < -0.4 is 16.9 Å². The van der Waals surface area contributed by atoms with E-state index in [2.05, 4.69) is 23.2 Å². The van der Waals surface area contributed by atoms with Gasteiger partial charge >= 0.3 is 0 Å². The highest BCUT2D eigenvalue weighted by Gasteiger charge is 1.48. The highest BCUT2D eigenvalue weighted by atomic mass is 15.6. The summed E-state index contributed by atoms with van der Waals surface area (Å²) >= 11 is 0. The van der Waals surface area contributed by atoms with Gasteiger partial charge < -0.3 is 0 Å². The Bertz CT molecular complexity index is 24.8. The van der Waals surface area contributed by atoms with E-state index in [4.69, 9.17) is 0 Å². The minimum atomic E-state index is 2.04. The zero-order valence-corrected chi connectivity index (χ0v) is 2.73. The molecule has 30 valence electrons. The molecule has 0 spiro atoms. The van der Waals surface area contributed by atoms with E-state index in [1.54, 1.807) is 0 Å². The molecule has 0 aliphatic carbocycles. The van der Waals surface area contributed by atoms with Gasteiger partial charge in [0.25, 0.3) is 0 Å². The van der Waals surface area contributed by atoms with Gasteiger partial charge in [-0.05, 0) is 0 Å². The first kappa shape index (κ1) is 4.39. The molecular weight excluding hydrogens is 68.0 g/mol. The Hall–Kier alpha value is -0.610. The molecule has 0 aliphatic rings. The summed E-state index contributed by atoms with van der Waals surface area (Å²) in [5.74, 6) is 4.64. The lowest BCUT2D eigenvalue weighted by molar-refractivity contribution is 0.586. The molecule has 0 aromatic rings. The number of nitrogens with one attached hydrogen (secondary N) is 2. The second-order valence-electron chi connectivity index (χ2n) is 0.414. The van der Waals surface area contributed by atoms with E-state index >= 15 is 0 Å². The van der Waals surface area contributed by atoms with Crippen molar-refractivity contribution >= 4 is 6.72 Å². The number of nitrogens with two attached hydrogens (primary N) is 1. The molecule has 0 saturated heterocycles. The molecule has 0 fully saturated rings. The van der Waals surface area contributed by atoms with Gasteiger partial charge in [-0.25, -0.2) is 5.53 Å². The third-order valence-corrected chi connectivity index (χ3v) is 0.144. The quantitative estimate of drug-likeness (QED) is 0.214. The van der Waals surface area contributed by atoms with E-state index in [0.29, 0.717) is 0 Å². The molecule has 0 rings (SSSR count). The Morgan fingerprint density at radius 2 is 2.40 bits per heavy atom. The molecule has 0 radical (unpaired) electrons. The highest BCUT2D eigenvalue weighted by molar-refractivity contribution is 5.21. The van der Waals surface area contributed by atoms with Crippen molar-refractivity contribution in [3.63, 3.8) is 0 Å². The average Bonchev–Trinajstić information content (AvgIpc) is 1.41. The lowest BCUT2D eigenvalue weighted by atomic mass is 11.7. The summed E-state index contributed by atoms with van der Waals surface area (Å²) in [6.45, 7) is 3.05. The molecule has 0 atom stereocenters. The summed E-state index contributed by atoms with van der Waals surface area (Å²) < 4.78 is 0. The van der Waals surface area contributed by atoms with E-state index in [0.717, 1.165) is 0 Å². The molecular formula is CH6N4. The van der Waals surface area contributed by atoms with Gasteiger partial charge in [0.2, 0.25) is 0 Å². The number of hydrogen-bond donors (Lipinski definition) is 3. The molecule has 5 heavy (non-hydrogen) atoms. The molecule has 4 nitrogen and oxygen atoms in total. The predicted octanol–water partition coefficient (Wildman–Crippen LogP) is -1.43. The van der Waals surface area contributed by atoms with Crippen molar-refractivity contribution < 1.29 is 0 Å². The van der Waals surface area contributed by atoms with Gasteiger partial charge in [0.05, 0.1) is 0 Å². The summed E-state index contributed by atoms with van der Waals surface area (Å²) in [5, 5.41) is 3.12. The van der Waals surface area contributed by atoms with Gasteiger partial charge in [-0.15, -0.1) is 0 Å². The number of nitrogens with zero attached hydrogens (tertiary/aromatic N) is 1. The second kappa shape index (κ2) is 3.39. The van der Waals surface area contributed by atoms with Crippen LogP contribution in [-0.2, 0) is 0 Å². The smallest absolute Gasteiger partial charge is 0.0121 e. The van der Waals surface area contributed by atoms with E-state index in [-0.39, 0.29) is 0 Å². The summed E-state index contributed by atoms with van der Waals surface area (Å²) in [5.41, 5.74) is 4.19. The number of hydrazine groups is 2. The monoisotopic (exact) mass is 74.1 g/mol. The van der Waals surface area contributed by atoms with Crippen LogP contribution in [0.2, 0.25) is 0 Å². The third kappa shape index (κ3) is 3.39. The molecule has 4 N–H and O–H groups in total. The van der Waals surface area contributed by atoms with Gasteiger partial charge in [0.1, 0.15) is 0 Å². The maximum Gasteiger partial charge on any atom is 0.0121 e. The molecule has 0 aliphatic heterocycles. The van der Waals surface area contributed by atoms with E-state index in [1.807, 2.05) is 5.53 Å². The van der Waals surface area contributed by atoms with Crippen LogP contribution in [0.3, 0.4) is 0 Å². The molecule has 0 unspecified atom stereocenters. The Morgan fingerprint density at radius 1 is 1.80 bits per heavy atom. The maximum atomic E-state index is 4.64. The molecule has 0 amide bonds. The SMILES string of the molecule is C=NNNN. The molecule has 0 bridgehead atoms. The van der Waals surface area contributed by atoms with Crippen molar-refractivity contribution in [2.75, 3.05) is 0 Å². The molecule has 0 aromatic carbocycles. The van der Waals surface area contributed by atoms with Crippen molar-refractivity contribution in [3.8, 4) is 0 Å². The zero-order chi connectivity index (χ0) is 4.12. The van der Waals surface area contributed by atoms with Crippen LogP contribution in [0.15, 0.2) is 5.10 Å². The fourth-order valence-electron chi connectivity index (χ4n) is 0.0456. The largest absolute Gasteiger partial charge is 0.252 e. The second-order valence-corrected chi connectivity index (χ2v) is 0.414. The van der Waals surface area contributed by atoms with Gasteiger partial charge in [-0.2, -0.15) is 10.6 Å². The van der Waals surface area contributed by atoms with Crippen LogP contribution in [-0.4, -0.2) is 6.72 Å². The van der Waals surface area contributed by atoms with Gasteiger partial charge in [0.15, 0.2) is 0 Å². The molecule has 0 aromatic heterocycles. The molecule has 4 heteroatoms. The van der Waals surface area contributed by atoms with Crippen molar-refractivity contribution in [2.24, 2.45) is 10.9 Å². The lowest BCUT2D eigenvalue weighted by Gasteiger charge is -1.86. The summed E-state index contributed by atoms with van der Waals surface area (Å²) in [6, 6.07) is 0. The Morgan fingerprint density at radius 3 is 2.40 bits per heavy atom. The van der Waals surface area contributed by atoms with Crippen LogP contribution in [0.1, 0.15) is 0 Å². The first-order valence-corrected chi connectivity index (χ1v) is 1.08. The topological polar surface area (TPSA) is 62.4 Å². The minimum Gasteiger partial charge on any atom is -0.252 e. The standard InChI is InChI=1S/CH6N4/c1-3-5-4-2/h4-5H,1-2H2. The van der Waals surface area contributed by atoms with E-state index in [1.165, 1.54) is 0 Å². The highest BCUT2D eigenvalue weighted by Crippen LogP contribution is 1.27. The lowest BCUT2D eigenvalue weighted by Crippen LogP contribution is -2.33. The van der Waals surface area contributed by atoms with Crippen LogP contribution in [0.4, 0.5) is 0 Å².